The zero-order chi connectivity index (χ0) is 15.2. The first kappa shape index (κ1) is 15.6. The third kappa shape index (κ3) is 4.11. The Bertz CT molecular complexity index is 483. The first-order chi connectivity index (χ1) is 10.1. The molecular weight excluding hydrogens is 270 g/mol. The third-order valence-electron chi connectivity index (χ3n) is 3.83. The van der Waals surface area contributed by atoms with Gasteiger partial charge in [0, 0.05) is 6.04 Å². The lowest BCUT2D eigenvalue weighted by Gasteiger charge is -2.18. The highest BCUT2D eigenvalue weighted by Crippen LogP contribution is 2.33. The molecule has 1 fully saturated rings. The van der Waals surface area contributed by atoms with Crippen LogP contribution in [-0.4, -0.2) is 26.3 Å². The van der Waals surface area contributed by atoms with E-state index < -0.39 is 6.04 Å². The van der Waals surface area contributed by atoms with E-state index in [1.54, 1.807) is 7.11 Å². The van der Waals surface area contributed by atoms with Gasteiger partial charge in [-0.1, -0.05) is 6.07 Å². The second-order valence-corrected chi connectivity index (χ2v) is 5.32. The standard InChI is InChI=1S/C16H23NO4/c1-19-15-9-11(13(17)10-16(18)20-2)7-8-14(15)21-12-5-3-4-6-12/h7-9,12-13H,3-6,10,17H2,1-2H3. The number of carbonyl (C=O) groups is 1. The van der Waals surface area contributed by atoms with Gasteiger partial charge in [0.25, 0.3) is 0 Å². The number of rotatable bonds is 6. The van der Waals surface area contributed by atoms with Gasteiger partial charge in [-0.3, -0.25) is 4.79 Å². The molecule has 0 amide bonds. The Morgan fingerprint density at radius 1 is 1.29 bits per heavy atom. The number of esters is 1. The SMILES string of the molecule is COC(=O)CC(N)c1ccc(OC2CCCC2)c(OC)c1. The summed E-state index contributed by atoms with van der Waals surface area (Å²) in [5.74, 6) is 1.06. The van der Waals surface area contributed by atoms with Crippen LogP contribution in [0.4, 0.5) is 0 Å². The summed E-state index contributed by atoms with van der Waals surface area (Å²) in [4.78, 5) is 11.3. The summed E-state index contributed by atoms with van der Waals surface area (Å²) in [6, 6.07) is 5.16. The van der Waals surface area contributed by atoms with Crippen LogP contribution in [0.5, 0.6) is 11.5 Å². The van der Waals surface area contributed by atoms with Gasteiger partial charge in [-0.2, -0.15) is 0 Å². The Kier molecular flexibility index (Phi) is 5.44. The molecule has 0 aliphatic heterocycles. The van der Waals surface area contributed by atoms with Gasteiger partial charge in [-0.05, 0) is 43.4 Å². The maximum absolute atomic E-state index is 11.3. The summed E-state index contributed by atoms with van der Waals surface area (Å²) < 4.78 is 16.0. The van der Waals surface area contributed by atoms with Crippen molar-refractivity contribution in [2.75, 3.05) is 14.2 Å². The molecule has 0 saturated heterocycles. The lowest BCUT2D eigenvalue weighted by atomic mass is 10.0. The molecule has 0 bridgehead atoms. The summed E-state index contributed by atoms with van der Waals surface area (Å²) in [6.45, 7) is 0. The highest BCUT2D eigenvalue weighted by atomic mass is 16.5. The number of carbonyl (C=O) groups excluding carboxylic acids is 1. The van der Waals surface area contributed by atoms with Gasteiger partial charge in [-0.25, -0.2) is 0 Å². The van der Waals surface area contributed by atoms with Crippen LogP contribution in [0.1, 0.15) is 43.7 Å². The van der Waals surface area contributed by atoms with Crippen LogP contribution in [0.25, 0.3) is 0 Å². The predicted octanol–water partition coefficient (Wildman–Crippen LogP) is 2.58. The van der Waals surface area contributed by atoms with E-state index in [1.165, 1.54) is 20.0 Å². The number of benzene rings is 1. The Labute approximate surface area is 125 Å². The van der Waals surface area contributed by atoms with Crippen LogP contribution in [0, 0.1) is 0 Å². The van der Waals surface area contributed by atoms with Crippen molar-refractivity contribution >= 4 is 5.97 Å². The maximum Gasteiger partial charge on any atom is 0.307 e. The van der Waals surface area contributed by atoms with Crippen LogP contribution in [0.3, 0.4) is 0 Å². The molecule has 0 spiro atoms. The number of nitrogens with two attached hydrogens (primary N) is 1. The molecule has 21 heavy (non-hydrogen) atoms. The topological polar surface area (TPSA) is 70.8 Å². The first-order valence-corrected chi connectivity index (χ1v) is 7.31. The molecule has 1 atom stereocenters. The minimum Gasteiger partial charge on any atom is -0.493 e. The fraction of sp³-hybridized carbons (Fsp3) is 0.562. The normalized spacial score (nSPS) is 16.5. The van der Waals surface area contributed by atoms with Gasteiger partial charge < -0.3 is 19.9 Å². The lowest BCUT2D eigenvalue weighted by molar-refractivity contribution is -0.141. The van der Waals surface area contributed by atoms with Crippen molar-refractivity contribution in [3.05, 3.63) is 23.8 Å². The molecule has 1 aromatic rings. The predicted molar refractivity (Wildman–Crippen MR) is 79.4 cm³/mol. The van der Waals surface area contributed by atoms with Crippen molar-refractivity contribution in [1.29, 1.82) is 0 Å². The van der Waals surface area contributed by atoms with Crippen molar-refractivity contribution in [1.82, 2.24) is 0 Å². The smallest absolute Gasteiger partial charge is 0.307 e. The second kappa shape index (κ2) is 7.31. The quantitative estimate of drug-likeness (QED) is 0.816. The van der Waals surface area contributed by atoms with Crippen molar-refractivity contribution in [3.8, 4) is 11.5 Å². The molecule has 1 aromatic carbocycles. The van der Waals surface area contributed by atoms with E-state index in [4.69, 9.17) is 15.2 Å². The molecule has 5 heteroatoms. The minimum absolute atomic E-state index is 0.141. The zero-order valence-corrected chi connectivity index (χ0v) is 12.6. The van der Waals surface area contributed by atoms with E-state index in [2.05, 4.69) is 4.74 Å². The molecule has 116 valence electrons. The van der Waals surface area contributed by atoms with Gasteiger partial charge in [0.05, 0.1) is 26.7 Å². The fourth-order valence-corrected chi connectivity index (χ4v) is 2.58. The monoisotopic (exact) mass is 293 g/mol. The highest BCUT2D eigenvalue weighted by molar-refractivity contribution is 5.70. The lowest BCUT2D eigenvalue weighted by Crippen LogP contribution is -2.17. The molecule has 1 aliphatic rings. The highest BCUT2D eigenvalue weighted by Gasteiger charge is 2.19. The number of hydrogen-bond donors (Lipinski definition) is 1. The fourth-order valence-electron chi connectivity index (χ4n) is 2.58. The van der Waals surface area contributed by atoms with Crippen LogP contribution in [0.15, 0.2) is 18.2 Å². The summed E-state index contributed by atoms with van der Waals surface area (Å²) in [6.07, 6.45) is 5.03. The Hall–Kier alpha value is -1.75. The molecule has 1 saturated carbocycles. The van der Waals surface area contributed by atoms with E-state index >= 15 is 0 Å². The van der Waals surface area contributed by atoms with Crippen LogP contribution in [-0.2, 0) is 9.53 Å². The van der Waals surface area contributed by atoms with Gasteiger partial charge in [0.15, 0.2) is 11.5 Å². The summed E-state index contributed by atoms with van der Waals surface area (Å²) in [5, 5.41) is 0. The maximum atomic E-state index is 11.3. The van der Waals surface area contributed by atoms with Crippen molar-refractivity contribution < 1.29 is 19.0 Å². The molecule has 5 nitrogen and oxygen atoms in total. The van der Waals surface area contributed by atoms with E-state index in [1.807, 2.05) is 18.2 Å². The minimum atomic E-state index is -0.410. The average molecular weight is 293 g/mol. The molecule has 2 rings (SSSR count). The van der Waals surface area contributed by atoms with Gasteiger partial charge in [-0.15, -0.1) is 0 Å². The third-order valence-corrected chi connectivity index (χ3v) is 3.83. The van der Waals surface area contributed by atoms with Crippen molar-refractivity contribution in [3.63, 3.8) is 0 Å². The average Bonchev–Trinajstić information content (AvgIpc) is 3.00. The molecule has 2 N–H and O–H groups in total. The van der Waals surface area contributed by atoms with Crippen molar-refractivity contribution in [2.45, 2.75) is 44.2 Å². The van der Waals surface area contributed by atoms with E-state index in [-0.39, 0.29) is 18.5 Å². The number of methoxy groups -OCH3 is 2. The van der Waals surface area contributed by atoms with Gasteiger partial charge >= 0.3 is 5.97 Å². The van der Waals surface area contributed by atoms with E-state index in [0.29, 0.717) is 5.75 Å². The van der Waals surface area contributed by atoms with Crippen LogP contribution >= 0.6 is 0 Å². The number of ether oxygens (including phenoxy) is 3. The van der Waals surface area contributed by atoms with Crippen molar-refractivity contribution in [2.24, 2.45) is 5.73 Å². The Balaban J connectivity index is 2.09. The molecule has 1 unspecified atom stereocenters. The summed E-state index contributed by atoms with van der Waals surface area (Å²) in [7, 11) is 2.96. The summed E-state index contributed by atoms with van der Waals surface area (Å²) >= 11 is 0. The molecule has 0 aromatic heterocycles. The van der Waals surface area contributed by atoms with E-state index in [9.17, 15) is 4.79 Å². The zero-order valence-electron chi connectivity index (χ0n) is 12.6. The van der Waals surface area contributed by atoms with Crippen LogP contribution in [0.2, 0.25) is 0 Å². The van der Waals surface area contributed by atoms with Gasteiger partial charge in [0.2, 0.25) is 0 Å². The Morgan fingerprint density at radius 2 is 2.00 bits per heavy atom. The van der Waals surface area contributed by atoms with Crippen LogP contribution < -0.4 is 15.2 Å². The second-order valence-electron chi connectivity index (χ2n) is 5.32. The summed E-state index contributed by atoms with van der Waals surface area (Å²) in [5.41, 5.74) is 6.84. The van der Waals surface area contributed by atoms with E-state index in [0.717, 1.165) is 24.2 Å². The van der Waals surface area contributed by atoms with Gasteiger partial charge in [0.1, 0.15) is 0 Å². The number of hydrogen-bond acceptors (Lipinski definition) is 5. The molecule has 0 radical (unpaired) electrons. The largest absolute Gasteiger partial charge is 0.493 e. The Morgan fingerprint density at radius 3 is 2.62 bits per heavy atom. The first-order valence-electron chi connectivity index (χ1n) is 7.31. The molecule has 1 aliphatic carbocycles. The molecular formula is C16H23NO4. The molecule has 0 heterocycles.